The summed E-state index contributed by atoms with van der Waals surface area (Å²) in [6.45, 7) is 4.82. The summed E-state index contributed by atoms with van der Waals surface area (Å²) < 4.78 is 5.34. The van der Waals surface area contributed by atoms with Gasteiger partial charge in [0, 0.05) is 6.04 Å². The largest absolute Gasteiger partial charge is 0.465 e. The third-order valence-electron chi connectivity index (χ3n) is 4.19. The Morgan fingerprint density at radius 1 is 1.38 bits per heavy atom. The SMILES string of the molecule is CC(C)CCOC(=O)C1C2CCC(C2)C1N. The number of hydrogen-bond acceptors (Lipinski definition) is 3. The van der Waals surface area contributed by atoms with E-state index in [0.29, 0.717) is 24.4 Å². The lowest BCUT2D eigenvalue weighted by Crippen LogP contribution is -2.41. The van der Waals surface area contributed by atoms with Crippen LogP contribution in [-0.2, 0) is 9.53 Å². The van der Waals surface area contributed by atoms with Gasteiger partial charge in [0.05, 0.1) is 12.5 Å². The highest BCUT2D eigenvalue weighted by molar-refractivity contribution is 5.74. The molecule has 2 saturated carbocycles. The van der Waals surface area contributed by atoms with Gasteiger partial charge in [-0.15, -0.1) is 0 Å². The Balaban J connectivity index is 1.81. The lowest BCUT2D eigenvalue weighted by Gasteiger charge is -2.26. The minimum atomic E-state index is -0.0413. The van der Waals surface area contributed by atoms with Crippen molar-refractivity contribution in [3.8, 4) is 0 Å². The molecule has 16 heavy (non-hydrogen) atoms. The molecule has 4 unspecified atom stereocenters. The molecular formula is C13H23NO2. The Labute approximate surface area is 97.7 Å². The van der Waals surface area contributed by atoms with Crippen LogP contribution < -0.4 is 5.73 Å². The van der Waals surface area contributed by atoms with E-state index in [2.05, 4.69) is 13.8 Å². The van der Waals surface area contributed by atoms with Gasteiger partial charge in [0.15, 0.2) is 0 Å². The molecule has 0 aromatic carbocycles. The zero-order valence-corrected chi connectivity index (χ0v) is 10.3. The molecule has 0 radical (unpaired) electrons. The van der Waals surface area contributed by atoms with Crippen LogP contribution in [0.15, 0.2) is 0 Å². The van der Waals surface area contributed by atoms with Crippen molar-refractivity contribution in [2.24, 2.45) is 29.4 Å². The molecule has 92 valence electrons. The molecule has 2 aliphatic carbocycles. The average molecular weight is 225 g/mol. The van der Waals surface area contributed by atoms with E-state index in [-0.39, 0.29) is 17.9 Å². The number of carbonyl (C=O) groups is 1. The normalized spacial score (nSPS) is 37.0. The molecule has 2 aliphatic rings. The smallest absolute Gasteiger partial charge is 0.310 e. The van der Waals surface area contributed by atoms with Crippen molar-refractivity contribution in [1.29, 1.82) is 0 Å². The number of ether oxygens (including phenoxy) is 1. The number of rotatable bonds is 4. The van der Waals surface area contributed by atoms with E-state index in [1.807, 2.05) is 0 Å². The van der Waals surface area contributed by atoms with Gasteiger partial charge < -0.3 is 10.5 Å². The van der Waals surface area contributed by atoms with Gasteiger partial charge in [0.1, 0.15) is 0 Å². The Hall–Kier alpha value is -0.570. The van der Waals surface area contributed by atoms with Crippen molar-refractivity contribution < 1.29 is 9.53 Å². The molecule has 4 atom stereocenters. The Morgan fingerprint density at radius 3 is 2.62 bits per heavy atom. The first kappa shape index (κ1) is 11.9. The molecule has 0 saturated heterocycles. The van der Waals surface area contributed by atoms with E-state index >= 15 is 0 Å². The number of carbonyl (C=O) groups excluding carboxylic acids is 1. The fraction of sp³-hybridized carbons (Fsp3) is 0.923. The molecule has 2 rings (SSSR count). The molecule has 3 nitrogen and oxygen atoms in total. The van der Waals surface area contributed by atoms with Crippen LogP contribution in [0.3, 0.4) is 0 Å². The van der Waals surface area contributed by atoms with Crippen molar-refractivity contribution in [3.63, 3.8) is 0 Å². The van der Waals surface area contributed by atoms with Crippen molar-refractivity contribution in [2.75, 3.05) is 6.61 Å². The van der Waals surface area contributed by atoms with Crippen molar-refractivity contribution in [1.82, 2.24) is 0 Å². The molecule has 2 bridgehead atoms. The van der Waals surface area contributed by atoms with E-state index in [1.54, 1.807) is 0 Å². The monoisotopic (exact) mass is 225 g/mol. The van der Waals surface area contributed by atoms with Crippen LogP contribution in [0.4, 0.5) is 0 Å². The molecule has 3 heteroatoms. The summed E-state index contributed by atoms with van der Waals surface area (Å²) in [6, 6.07) is 0.0605. The van der Waals surface area contributed by atoms with E-state index in [9.17, 15) is 4.79 Å². The number of nitrogens with two attached hydrogens (primary N) is 1. The minimum absolute atomic E-state index is 0.00841. The summed E-state index contributed by atoms with van der Waals surface area (Å²) in [7, 11) is 0. The van der Waals surface area contributed by atoms with Crippen molar-refractivity contribution in [3.05, 3.63) is 0 Å². The second-order valence-corrected chi connectivity index (χ2v) is 5.79. The van der Waals surface area contributed by atoms with Crippen molar-refractivity contribution >= 4 is 5.97 Å². The number of fused-ring (bicyclic) bond motifs is 2. The molecule has 0 amide bonds. The fourth-order valence-corrected chi connectivity index (χ4v) is 3.18. The minimum Gasteiger partial charge on any atom is -0.465 e. The second-order valence-electron chi connectivity index (χ2n) is 5.79. The van der Waals surface area contributed by atoms with Crippen molar-refractivity contribution in [2.45, 2.75) is 45.6 Å². The van der Waals surface area contributed by atoms with Gasteiger partial charge in [-0.2, -0.15) is 0 Å². The summed E-state index contributed by atoms with van der Waals surface area (Å²) >= 11 is 0. The van der Waals surface area contributed by atoms with Gasteiger partial charge in [-0.3, -0.25) is 4.79 Å². The summed E-state index contributed by atoms with van der Waals surface area (Å²) in [5, 5.41) is 0. The fourth-order valence-electron chi connectivity index (χ4n) is 3.18. The van der Waals surface area contributed by atoms with Gasteiger partial charge in [0.25, 0.3) is 0 Å². The van der Waals surface area contributed by atoms with Gasteiger partial charge >= 0.3 is 5.97 Å². The van der Waals surface area contributed by atoms with Gasteiger partial charge in [-0.25, -0.2) is 0 Å². The van der Waals surface area contributed by atoms with Crippen LogP contribution in [0, 0.1) is 23.7 Å². The first-order chi connectivity index (χ1) is 7.59. The van der Waals surface area contributed by atoms with Crippen LogP contribution in [0.2, 0.25) is 0 Å². The van der Waals surface area contributed by atoms with Crippen LogP contribution in [0.1, 0.15) is 39.5 Å². The van der Waals surface area contributed by atoms with Crippen LogP contribution >= 0.6 is 0 Å². The summed E-state index contributed by atoms with van der Waals surface area (Å²) in [5.41, 5.74) is 6.10. The quantitative estimate of drug-likeness (QED) is 0.744. The van der Waals surface area contributed by atoms with Crippen LogP contribution in [-0.4, -0.2) is 18.6 Å². The lowest BCUT2D eigenvalue weighted by atomic mass is 9.85. The van der Waals surface area contributed by atoms with E-state index in [0.717, 1.165) is 12.8 Å². The third kappa shape index (κ3) is 2.24. The van der Waals surface area contributed by atoms with E-state index in [1.165, 1.54) is 12.8 Å². The summed E-state index contributed by atoms with van der Waals surface area (Å²) in [4.78, 5) is 11.9. The van der Waals surface area contributed by atoms with Gasteiger partial charge in [-0.1, -0.05) is 13.8 Å². The second kappa shape index (κ2) is 4.74. The molecule has 0 heterocycles. The molecule has 0 aliphatic heterocycles. The Bertz CT molecular complexity index is 263. The molecule has 2 fully saturated rings. The maximum Gasteiger partial charge on any atom is 0.310 e. The number of esters is 1. The van der Waals surface area contributed by atoms with Gasteiger partial charge in [-0.05, 0) is 43.4 Å². The first-order valence-corrected chi connectivity index (χ1v) is 6.51. The first-order valence-electron chi connectivity index (χ1n) is 6.51. The highest BCUT2D eigenvalue weighted by Gasteiger charge is 2.49. The number of hydrogen-bond donors (Lipinski definition) is 1. The molecule has 0 aromatic rings. The third-order valence-corrected chi connectivity index (χ3v) is 4.19. The lowest BCUT2D eigenvalue weighted by molar-refractivity contribution is -0.151. The highest BCUT2D eigenvalue weighted by atomic mass is 16.5. The highest BCUT2D eigenvalue weighted by Crippen LogP contribution is 2.47. The predicted molar refractivity (Wildman–Crippen MR) is 62.7 cm³/mol. The maximum absolute atomic E-state index is 11.9. The molecular weight excluding hydrogens is 202 g/mol. The van der Waals surface area contributed by atoms with E-state index in [4.69, 9.17) is 10.5 Å². The Kier molecular flexibility index (Phi) is 3.53. The predicted octanol–water partition coefficient (Wildman–Crippen LogP) is 1.95. The standard InChI is InChI=1S/C13H23NO2/c1-8(2)5-6-16-13(15)11-9-3-4-10(7-9)12(11)14/h8-12H,3-7,14H2,1-2H3. The van der Waals surface area contributed by atoms with E-state index < -0.39 is 0 Å². The Morgan fingerprint density at radius 2 is 2.06 bits per heavy atom. The zero-order valence-electron chi connectivity index (χ0n) is 10.3. The molecule has 0 spiro atoms. The van der Waals surface area contributed by atoms with Crippen LogP contribution in [0.25, 0.3) is 0 Å². The molecule has 2 N–H and O–H groups in total. The van der Waals surface area contributed by atoms with Gasteiger partial charge in [0.2, 0.25) is 0 Å². The topological polar surface area (TPSA) is 52.3 Å². The van der Waals surface area contributed by atoms with Crippen LogP contribution in [0.5, 0.6) is 0 Å². The summed E-state index contributed by atoms with van der Waals surface area (Å²) in [6.07, 6.45) is 4.47. The zero-order chi connectivity index (χ0) is 11.7. The average Bonchev–Trinajstić information content (AvgIpc) is 2.76. The summed E-state index contributed by atoms with van der Waals surface area (Å²) in [5.74, 6) is 1.62. The molecule has 0 aromatic heterocycles. The maximum atomic E-state index is 11.9.